The zero-order chi connectivity index (χ0) is 14.5. The monoisotopic (exact) mass is 288 g/mol. The van der Waals surface area contributed by atoms with Crippen LogP contribution in [0.25, 0.3) is 0 Å². The fourth-order valence-corrected chi connectivity index (χ4v) is 2.07. The fourth-order valence-electron chi connectivity index (χ4n) is 1.89. The summed E-state index contributed by atoms with van der Waals surface area (Å²) in [5.41, 5.74) is 3.86. The Labute approximate surface area is 124 Å². The Hall–Kier alpha value is -2.00. The van der Waals surface area contributed by atoms with E-state index in [0.29, 0.717) is 6.54 Å². The Bertz CT molecular complexity index is 626. The number of halogens is 1. The Balaban J connectivity index is 2.10. The van der Waals surface area contributed by atoms with Crippen molar-refractivity contribution in [1.82, 2.24) is 0 Å². The van der Waals surface area contributed by atoms with Gasteiger partial charge in [-0.05, 0) is 36.2 Å². The summed E-state index contributed by atoms with van der Waals surface area (Å²) in [5.74, 6) is -0.0733. The van der Waals surface area contributed by atoms with Crippen LogP contribution in [-0.2, 0) is 11.3 Å². The summed E-state index contributed by atoms with van der Waals surface area (Å²) in [6, 6.07) is 13.6. The van der Waals surface area contributed by atoms with Gasteiger partial charge < -0.3 is 10.6 Å². The van der Waals surface area contributed by atoms with Crippen LogP contribution >= 0.6 is 11.6 Å². The maximum atomic E-state index is 11.2. The molecule has 0 aliphatic rings. The summed E-state index contributed by atoms with van der Waals surface area (Å²) in [6.07, 6.45) is 0. The van der Waals surface area contributed by atoms with Crippen molar-refractivity contribution in [3.05, 3.63) is 58.6 Å². The molecule has 0 spiro atoms. The highest BCUT2D eigenvalue weighted by molar-refractivity contribution is 6.31. The average molecular weight is 289 g/mol. The van der Waals surface area contributed by atoms with Gasteiger partial charge in [-0.3, -0.25) is 4.79 Å². The quantitative estimate of drug-likeness (QED) is 0.884. The largest absolute Gasteiger partial charge is 0.381 e. The molecule has 0 saturated carbocycles. The predicted molar refractivity (Wildman–Crippen MR) is 84.3 cm³/mol. The molecule has 0 radical (unpaired) electrons. The molecular formula is C16H17ClN2O. The number of nitrogens with one attached hydrogen (secondary N) is 2. The Morgan fingerprint density at radius 2 is 1.95 bits per heavy atom. The molecule has 0 bridgehead atoms. The molecule has 2 aromatic rings. The number of hydrogen-bond acceptors (Lipinski definition) is 2. The zero-order valence-corrected chi connectivity index (χ0v) is 12.3. The third-order valence-corrected chi connectivity index (χ3v) is 3.39. The molecule has 20 heavy (non-hydrogen) atoms. The van der Waals surface area contributed by atoms with Crippen LogP contribution in [0.4, 0.5) is 11.4 Å². The van der Waals surface area contributed by atoms with Crippen LogP contribution in [0.3, 0.4) is 0 Å². The minimum atomic E-state index is -0.0733. The van der Waals surface area contributed by atoms with Gasteiger partial charge in [0.25, 0.3) is 0 Å². The standard InChI is InChI=1S/C16H17ClN2O/c1-11-7-8-14(9-15(11)17)18-10-13-5-3-4-6-16(13)19-12(2)20/h3-9,18H,10H2,1-2H3,(H,19,20). The lowest BCUT2D eigenvalue weighted by atomic mass is 10.1. The number of carbonyl (C=O) groups excluding carboxylic acids is 1. The number of hydrogen-bond donors (Lipinski definition) is 2. The minimum absolute atomic E-state index is 0.0733. The van der Waals surface area contributed by atoms with Crippen molar-refractivity contribution in [2.45, 2.75) is 20.4 Å². The van der Waals surface area contributed by atoms with E-state index >= 15 is 0 Å². The van der Waals surface area contributed by atoms with Crippen molar-refractivity contribution in [3.63, 3.8) is 0 Å². The number of anilines is 2. The number of carbonyl (C=O) groups is 1. The second-order valence-electron chi connectivity index (χ2n) is 4.66. The summed E-state index contributed by atoms with van der Waals surface area (Å²) in [5, 5.41) is 6.87. The summed E-state index contributed by atoms with van der Waals surface area (Å²) in [6.45, 7) is 4.10. The number of aryl methyl sites for hydroxylation is 1. The second kappa shape index (κ2) is 6.44. The first kappa shape index (κ1) is 14.4. The van der Waals surface area contributed by atoms with Gasteiger partial charge in [-0.1, -0.05) is 35.9 Å². The highest BCUT2D eigenvalue weighted by atomic mass is 35.5. The van der Waals surface area contributed by atoms with Crippen LogP contribution in [0, 0.1) is 6.92 Å². The molecule has 2 N–H and O–H groups in total. The highest BCUT2D eigenvalue weighted by Crippen LogP contribution is 2.22. The molecule has 0 fully saturated rings. The third-order valence-electron chi connectivity index (χ3n) is 2.98. The van der Waals surface area contributed by atoms with E-state index in [1.165, 1.54) is 6.92 Å². The molecule has 0 aliphatic heterocycles. The van der Waals surface area contributed by atoms with E-state index in [4.69, 9.17) is 11.6 Å². The summed E-state index contributed by atoms with van der Waals surface area (Å²) in [4.78, 5) is 11.2. The lowest BCUT2D eigenvalue weighted by molar-refractivity contribution is -0.114. The first-order valence-electron chi connectivity index (χ1n) is 6.42. The van der Waals surface area contributed by atoms with Crippen LogP contribution in [0.5, 0.6) is 0 Å². The smallest absolute Gasteiger partial charge is 0.221 e. The first-order valence-corrected chi connectivity index (χ1v) is 6.79. The van der Waals surface area contributed by atoms with Crippen molar-refractivity contribution in [2.24, 2.45) is 0 Å². The predicted octanol–water partition coefficient (Wildman–Crippen LogP) is 4.22. The molecule has 104 valence electrons. The van der Waals surface area contributed by atoms with Crippen molar-refractivity contribution >= 4 is 28.9 Å². The molecular weight excluding hydrogens is 272 g/mol. The molecule has 2 rings (SSSR count). The molecule has 0 unspecified atom stereocenters. The summed E-state index contributed by atoms with van der Waals surface area (Å²) in [7, 11) is 0. The van der Waals surface area contributed by atoms with Gasteiger partial charge in [-0.15, -0.1) is 0 Å². The molecule has 0 atom stereocenters. The van der Waals surface area contributed by atoms with Crippen molar-refractivity contribution < 1.29 is 4.79 Å². The SMILES string of the molecule is CC(=O)Nc1ccccc1CNc1ccc(C)c(Cl)c1. The molecule has 3 nitrogen and oxygen atoms in total. The lowest BCUT2D eigenvalue weighted by Crippen LogP contribution is -2.10. The molecule has 2 aromatic carbocycles. The number of rotatable bonds is 4. The topological polar surface area (TPSA) is 41.1 Å². The third kappa shape index (κ3) is 3.75. The maximum Gasteiger partial charge on any atom is 0.221 e. The minimum Gasteiger partial charge on any atom is -0.381 e. The van der Waals surface area contributed by atoms with E-state index in [-0.39, 0.29) is 5.91 Å². The fraction of sp³-hybridized carbons (Fsp3) is 0.188. The van der Waals surface area contributed by atoms with Crippen molar-refractivity contribution in [1.29, 1.82) is 0 Å². The number of para-hydroxylation sites is 1. The van der Waals surface area contributed by atoms with Crippen LogP contribution < -0.4 is 10.6 Å². The summed E-state index contributed by atoms with van der Waals surface area (Å²) < 4.78 is 0. The van der Waals surface area contributed by atoms with Gasteiger partial charge in [-0.2, -0.15) is 0 Å². The number of benzene rings is 2. The molecule has 0 aromatic heterocycles. The first-order chi connectivity index (χ1) is 9.56. The van der Waals surface area contributed by atoms with Crippen LogP contribution in [0.2, 0.25) is 5.02 Å². The van der Waals surface area contributed by atoms with E-state index in [9.17, 15) is 4.79 Å². The van der Waals surface area contributed by atoms with Gasteiger partial charge >= 0.3 is 0 Å². The van der Waals surface area contributed by atoms with Crippen LogP contribution in [0.1, 0.15) is 18.1 Å². The van der Waals surface area contributed by atoms with E-state index in [0.717, 1.165) is 27.5 Å². The normalized spacial score (nSPS) is 10.2. The second-order valence-corrected chi connectivity index (χ2v) is 5.06. The van der Waals surface area contributed by atoms with Crippen molar-refractivity contribution in [3.8, 4) is 0 Å². The van der Waals surface area contributed by atoms with E-state index in [2.05, 4.69) is 10.6 Å². The molecule has 0 heterocycles. The Morgan fingerprint density at radius 1 is 1.20 bits per heavy atom. The highest BCUT2D eigenvalue weighted by Gasteiger charge is 2.04. The van der Waals surface area contributed by atoms with Gasteiger partial charge in [0.05, 0.1) is 0 Å². The lowest BCUT2D eigenvalue weighted by Gasteiger charge is -2.12. The van der Waals surface area contributed by atoms with Crippen LogP contribution in [-0.4, -0.2) is 5.91 Å². The van der Waals surface area contributed by atoms with Crippen LogP contribution in [0.15, 0.2) is 42.5 Å². The van der Waals surface area contributed by atoms with Gasteiger partial charge in [0.15, 0.2) is 0 Å². The average Bonchev–Trinajstić information content (AvgIpc) is 2.41. The molecule has 4 heteroatoms. The summed E-state index contributed by atoms with van der Waals surface area (Å²) >= 11 is 6.10. The Morgan fingerprint density at radius 3 is 2.65 bits per heavy atom. The van der Waals surface area contributed by atoms with Gasteiger partial charge in [0, 0.05) is 29.9 Å². The maximum absolute atomic E-state index is 11.2. The number of amides is 1. The molecule has 0 aliphatic carbocycles. The van der Waals surface area contributed by atoms with Gasteiger partial charge in [0.1, 0.15) is 0 Å². The van der Waals surface area contributed by atoms with E-state index in [1.807, 2.05) is 49.4 Å². The van der Waals surface area contributed by atoms with E-state index in [1.54, 1.807) is 0 Å². The van der Waals surface area contributed by atoms with Crippen molar-refractivity contribution in [2.75, 3.05) is 10.6 Å². The molecule has 0 saturated heterocycles. The molecule has 1 amide bonds. The zero-order valence-electron chi connectivity index (χ0n) is 11.5. The van der Waals surface area contributed by atoms with Gasteiger partial charge in [-0.25, -0.2) is 0 Å². The Kier molecular flexibility index (Phi) is 4.64. The van der Waals surface area contributed by atoms with Gasteiger partial charge in [0.2, 0.25) is 5.91 Å². The van der Waals surface area contributed by atoms with E-state index < -0.39 is 0 Å².